The van der Waals surface area contributed by atoms with Crippen LogP contribution in [-0.2, 0) is 16.1 Å². The molecule has 1 aliphatic heterocycles. The van der Waals surface area contributed by atoms with E-state index in [1.54, 1.807) is 18.3 Å². The van der Waals surface area contributed by atoms with E-state index in [1.165, 1.54) is 7.11 Å². The largest absolute Gasteiger partial charge is 0.466 e. The minimum Gasteiger partial charge on any atom is -0.466 e. The van der Waals surface area contributed by atoms with Crippen LogP contribution in [0.15, 0.2) is 78.3 Å². The summed E-state index contributed by atoms with van der Waals surface area (Å²) >= 11 is 11.7. The van der Waals surface area contributed by atoms with E-state index < -0.39 is 12.0 Å². The van der Waals surface area contributed by atoms with Crippen molar-refractivity contribution in [1.29, 1.82) is 0 Å². The van der Waals surface area contributed by atoms with Gasteiger partial charge in [0.15, 0.2) is 5.11 Å². The van der Waals surface area contributed by atoms with E-state index in [-0.39, 0.29) is 0 Å². The molecule has 1 N–H and O–H groups in total. The summed E-state index contributed by atoms with van der Waals surface area (Å²) in [5.41, 5.74) is 3.94. The number of hydrogen-bond acceptors (Lipinski definition) is 4. The number of anilines is 1. The first-order chi connectivity index (χ1) is 15.0. The molecule has 3 aromatic rings. The van der Waals surface area contributed by atoms with Gasteiger partial charge < -0.3 is 10.1 Å². The Kier molecular flexibility index (Phi) is 6.06. The molecule has 0 radical (unpaired) electrons. The molecule has 1 aromatic heterocycles. The fraction of sp³-hybridized carbons (Fsp3) is 0.174. The third-order valence-electron chi connectivity index (χ3n) is 5.15. The molecule has 31 heavy (non-hydrogen) atoms. The highest BCUT2D eigenvalue weighted by Gasteiger charge is 2.35. The Bertz CT molecular complexity index is 1140. The quantitative estimate of drug-likeness (QED) is 0.455. The molecule has 0 aliphatic carbocycles. The first-order valence-corrected chi connectivity index (χ1v) is 10.5. The van der Waals surface area contributed by atoms with E-state index in [2.05, 4.69) is 10.4 Å². The second-order valence-corrected chi connectivity index (χ2v) is 7.96. The molecule has 0 amide bonds. The number of nitrogens with one attached hydrogen (secondary N) is 1. The van der Waals surface area contributed by atoms with Crippen LogP contribution < -0.4 is 10.2 Å². The molecule has 158 valence electrons. The van der Waals surface area contributed by atoms with Crippen molar-refractivity contribution >= 4 is 40.6 Å². The van der Waals surface area contributed by atoms with Crippen molar-refractivity contribution < 1.29 is 9.53 Å². The average molecular weight is 453 g/mol. The number of aromatic nitrogens is 2. The maximum absolute atomic E-state index is 12.8. The molecular formula is C23H21ClN4O2S. The molecule has 0 unspecified atom stereocenters. The number of carbonyl (C=O) groups excluding carboxylic acids is 1. The molecule has 1 aliphatic rings. The number of methoxy groups -OCH3 is 1. The SMILES string of the molecule is COC(=O)C1=C(C)N(c2ccc(Cl)cc2)C(=S)N[C@H]1c1cnn(Cc2ccccc2)c1. The van der Waals surface area contributed by atoms with Gasteiger partial charge >= 0.3 is 5.97 Å². The summed E-state index contributed by atoms with van der Waals surface area (Å²) in [7, 11) is 1.37. The number of carbonyl (C=O) groups is 1. The zero-order valence-corrected chi connectivity index (χ0v) is 18.7. The maximum Gasteiger partial charge on any atom is 0.337 e. The van der Waals surface area contributed by atoms with Crippen LogP contribution in [0.5, 0.6) is 0 Å². The van der Waals surface area contributed by atoms with E-state index in [0.29, 0.717) is 27.9 Å². The average Bonchev–Trinajstić information content (AvgIpc) is 3.23. The van der Waals surface area contributed by atoms with Gasteiger partial charge in [-0.05, 0) is 49.0 Å². The molecule has 6 nitrogen and oxygen atoms in total. The second-order valence-electron chi connectivity index (χ2n) is 7.14. The third-order valence-corrected chi connectivity index (χ3v) is 5.70. The van der Waals surface area contributed by atoms with Crippen LogP contribution in [0.1, 0.15) is 24.1 Å². The molecule has 0 saturated carbocycles. The molecule has 4 rings (SSSR count). The van der Waals surface area contributed by atoms with Crippen LogP contribution in [0.2, 0.25) is 5.02 Å². The monoisotopic (exact) mass is 452 g/mol. The zero-order chi connectivity index (χ0) is 22.0. The molecule has 2 aromatic carbocycles. The Morgan fingerprint density at radius 3 is 2.58 bits per heavy atom. The van der Waals surface area contributed by atoms with Gasteiger partial charge in [0, 0.05) is 28.2 Å². The Balaban J connectivity index is 1.70. The van der Waals surface area contributed by atoms with Crippen LogP contribution >= 0.6 is 23.8 Å². The summed E-state index contributed by atoms with van der Waals surface area (Å²) in [6.45, 7) is 2.49. The predicted octanol–water partition coefficient (Wildman–Crippen LogP) is 4.47. The van der Waals surface area contributed by atoms with Crippen molar-refractivity contribution in [2.75, 3.05) is 12.0 Å². The summed E-state index contributed by atoms with van der Waals surface area (Å²) in [6, 6.07) is 16.9. The highest BCUT2D eigenvalue weighted by Crippen LogP contribution is 2.34. The van der Waals surface area contributed by atoms with E-state index in [4.69, 9.17) is 28.6 Å². The van der Waals surface area contributed by atoms with Gasteiger partial charge in [0.25, 0.3) is 0 Å². The van der Waals surface area contributed by atoms with Crippen molar-refractivity contribution in [3.63, 3.8) is 0 Å². The van der Waals surface area contributed by atoms with Crippen LogP contribution in [0.4, 0.5) is 5.69 Å². The number of esters is 1. The summed E-state index contributed by atoms with van der Waals surface area (Å²) in [5.74, 6) is -0.424. The second kappa shape index (κ2) is 8.91. The van der Waals surface area contributed by atoms with Crippen molar-refractivity contribution in [3.8, 4) is 0 Å². The van der Waals surface area contributed by atoms with E-state index in [9.17, 15) is 4.79 Å². The molecule has 8 heteroatoms. The van der Waals surface area contributed by atoms with Crippen molar-refractivity contribution in [2.45, 2.75) is 19.5 Å². The van der Waals surface area contributed by atoms with Gasteiger partial charge in [-0.1, -0.05) is 41.9 Å². The Morgan fingerprint density at radius 2 is 1.90 bits per heavy atom. The number of rotatable bonds is 5. The van der Waals surface area contributed by atoms with Gasteiger partial charge in [-0.15, -0.1) is 0 Å². The number of nitrogens with zero attached hydrogens (tertiary/aromatic N) is 3. The lowest BCUT2D eigenvalue weighted by Gasteiger charge is -2.37. The van der Waals surface area contributed by atoms with Crippen molar-refractivity contribution in [2.24, 2.45) is 0 Å². The molecule has 0 fully saturated rings. The Morgan fingerprint density at radius 1 is 1.19 bits per heavy atom. The Hall–Kier alpha value is -3.16. The van der Waals surface area contributed by atoms with Crippen molar-refractivity contribution in [1.82, 2.24) is 15.1 Å². The van der Waals surface area contributed by atoms with E-state index >= 15 is 0 Å². The molecule has 0 spiro atoms. The Labute approximate surface area is 191 Å². The number of allylic oxidation sites excluding steroid dienone is 1. The zero-order valence-electron chi connectivity index (χ0n) is 17.1. The smallest absolute Gasteiger partial charge is 0.337 e. The summed E-state index contributed by atoms with van der Waals surface area (Å²) in [5, 5.41) is 8.86. The fourth-order valence-electron chi connectivity index (χ4n) is 3.65. The van der Waals surface area contributed by atoms with Gasteiger partial charge in [-0.2, -0.15) is 5.10 Å². The number of thiocarbonyl (C=S) groups is 1. The third kappa shape index (κ3) is 4.33. The molecule has 0 bridgehead atoms. The fourth-order valence-corrected chi connectivity index (χ4v) is 4.14. The number of hydrogen-bond donors (Lipinski definition) is 1. The molecular weight excluding hydrogens is 432 g/mol. The number of halogens is 1. The van der Waals surface area contributed by atoms with Crippen LogP contribution in [0, 0.1) is 0 Å². The number of ether oxygens (including phenoxy) is 1. The molecule has 2 heterocycles. The van der Waals surface area contributed by atoms with Gasteiger partial charge in [-0.25, -0.2) is 4.79 Å². The lowest BCUT2D eigenvalue weighted by molar-refractivity contribution is -0.136. The first kappa shape index (κ1) is 21.1. The van der Waals surface area contributed by atoms with E-state index in [1.807, 2.05) is 65.2 Å². The van der Waals surface area contributed by atoms with Crippen LogP contribution in [0.3, 0.4) is 0 Å². The lowest BCUT2D eigenvalue weighted by Crippen LogP contribution is -2.48. The van der Waals surface area contributed by atoms with Gasteiger partial charge in [0.2, 0.25) is 0 Å². The summed E-state index contributed by atoms with van der Waals surface area (Å²) in [4.78, 5) is 14.6. The summed E-state index contributed by atoms with van der Waals surface area (Å²) in [6.07, 6.45) is 3.67. The van der Waals surface area contributed by atoms with Gasteiger partial charge in [-0.3, -0.25) is 9.58 Å². The van der Waals surface area contributed by atoms with Gasteiger partial charge in [0.05, 0.1) is 31.5 Å². The standard InChI is InChI=1S/C23H21ClN4O2S/c1-15-20(22(29)30-2)21(26-23(31)28(15)19-10-8-18(24)9-11-19)17-12-25-27(14-17)13-16-6-4-3-5-7-16/h3-12,14,21H,13H2,1-2H3,(H,26,31)/t21-/m0/s1. The van der Waals surface area contributed by atoms with Crippen LogP contribution in [-0.4, -0.2) is 28.0 Å². The first-order valence-electron chi connectivity index (χ1n) is 9.69. The van der Waals surface area contributed by atoms with Gasteiger partial charge in [0.1, 0.15) is 0 Å². The number of benzene rings is 2. The topological polar surface area (TPSA) is 59.4 Å². The van der Waals surface area contributed by atoms with Crippen LogP contribution in [0.25, 0.3) is 0 Å². The minimum absolute atomic E-state index is 0.424. The minimum atomic E-state index is -0.465. The highest BCUT2D eigenvalue weighted by atomic mass is 35.5. The lowest BCUT2D eigenvalue weighted by atomic mass is 9.97. The maximum atomic E-state index is 12.8. The summed E-state index contributed by atoms with van der Waals surface area (Å²) < 4.78 is 6.94. The van der Waals surface area contributed by atoms with E-state index in [0.717, 1.165) is 16.8 Å². The predicted molar refractivity (Wildman–Crippen MR) is 125 cm³/mol. The highest BCUT2D eigenvalue weighted by molar-refractivity contribution is 7.80. The molecule has 1 atom stereocenters. The molecule has 0 saturated heterocycles. The normalized spacial score (nSPS) is 16.3. The van der Waals surface area contributed by atoms with Crippen molar-refractivity contribution in [3.05, 3.63) is 94.4 Å².